The fourth-order valence-electron chi connectivity index (χ4n) is 3.83. The van der Waals surface area contributed by atoms with Crippen LogP contribution in [0.3, 0.4) is 0 Å². The lowest BCUT2D eigenvalue weighted by molar-refractivity contribution is -0.0391. The molecule has 5 N–H and O–H groups in total. The summed E-state index contributed by atoms with van der Waals surface area (Å²) in [5.41, 5.74) is 8.52. The van der Waals surface area contributed by atoms with Gasteiger partial charge in [-0.1, -0.05) is 48.5 Å². The Bertz CT molecular complexity index is 1180. The van der Waals surface area contributed by atoms with Crippen molar-refractivity contribution in [1.29, 1.82) is 0 Å². The molecule has 0 spiro atoms. The Kier molecular flexibility index (Phi) is 5.08. The van der Waals surface area contributed by atoms with Gasteiger partial charge in [0, 0.05) is 17.8 Å². The Morgan fingerprint density at radius 2 is 1.68 bits per heavy atom. The molecule has 1 saturated heterocycles. The molecule has 2 aromatic heterocycles. The lowest BCUT2D eigenvalue weighted by atomic mass is 10.1. The highest BCUT2D eigenvalue weighted by Crippen LogP contribution is 2.37. The molecule has 0 bridgehead atoms. The van der Waals surface area contributed by atoms with Crippen molar-refractivity contribution in [1.82, 2.24) is 19.7 Å². The number of ether oxygens (including phenoxy) is 1. The van der Waals surface area contributed by atoms with Gasteiger partial charge in [0.25, 0.3) is 0 Å². The monoisotopic (exact) mass is 418 g/mol. The van der Waals surface area contributed by atoms with Crippen molar-refractivity contribution in [3.8, 4) is 11.3 Å². The fraction of sp³-hybridized carbons (Fsp3) is 0.227. The number of benzene rings is 2. The maximum Gasteiger partial charge on any atom is 0.181 e. The second-order valence-corrected chi connectivity index (χ2v) is 7.35. The highest BCUT2D eigenvalue weighted by molar-refractivity contribution is 6.00. The second-order valence-electron chi connectivity index (χ2n) is 7.35. The molecule has 0 saturated carbocycles. The Hall–Kier alpha value is -3.37. The van der Waals surface area contributed by atoms with Gasteiger partial charge >= 0.3 is 0 Å². The molecule has 4 aromatic rings. The Labute approximate surface area is 178 Å². The van der Waals surface area contributed by atoms with Crippen molar-refractivity contribution < 1.29 is 14.9 Å². The van der Waals surface area contributed by atoms with Crippen LogP contribution in [0.2, 0.25) is 0 Å². The molecule has 9 nitrogen and oxygen atoms in total. The molecule has 0 amide bonds. The first-order valence-corrected chi connectivity index (χ1v) is 9.99. The topological polar surface area (TPSA) is 131 Å². The van der Waals surface area contributed by atoms with Crippen LogP contribution in [0.4, 0.5) is 11.5 Å². The molecule has 9 heteroatoms. The van der Waals surface area contributed by atoms with Gasteiger partial charge in [0.1, 0.15) is 36.2 Å². The van der Waals surface area contributed by atoms with Crippen LogP contribution in [0.5, 0.6) is 0 Å². The minimum absolute atomic E-state index is 0.0786. The number of anilines is 2. The average Bonchev–Trinajstić information content (AvgIpc) is 3.33. The zero-order chi connectivity index (χ0) is 21.4. The predicted molar refractivity (Wildman–Crippen MR) is 115 cm³/mol. The first-order chi connectivity index (χ1) is 15.2. The van der Waals surface area contributed by atoms with Crippen molar-refractivity contribution in [2.45, 2.75) is 24.5 Å². The van der Waals surface area contributed by atoms with Crippen molar-refractivity contribution in [3.05, 3.63) is 67.0 Å². The lowest BCUT2D eigenvalue weighted by Crippen LogP contribution is -2.35. The molecule has 2 aromatic carbocycles. The van der Waals surface area contributed by atoms with Crippen LogP contribution in [-0.4, -0.2) is 54.8 Å². The largest absolute Gasteiger partial charge is 0.387 e. The summed E-state index contributed by atoms with van der Waals surface area (Å²) in [7, 11) is 0. The first kappa shape index (κ1) is 19.6. The number of fused-ring (bicyclic) bond motifs is 1. The van der Waals surface area contributed by atoms with Gasteiger partial charge in [0.15, 0.2) is 11.9 Å². The smallest absolute Gasteiger partial charge is 0.181 e. The van der Waals surface area contributed by atoms with Crippen molar-refractivity contribution >= 4 is 22.5 Å². The van der Waals surface area contributed by atoms with Gasteiger partial charge in [-0.15, -0.1) is 0 Å². The highest BCUT2D eigenvalue weighted by atomic mass is 16.6. The summed E-state index contributed by atoms with van der Waals surface area (Å²) < 4.78 is 7.33. The summed E-state index contributed by atoms with van der Waals surface area (Å²) in [4.78, 5) is 8.88. The van der Waals surface area contributed by atoms with E-state index < -0.39 is 24.5 Å². The molecule has 0 unspecified atom stereocenters. The number of rotatable bonds is 5. The summed E-state index contributed by atoms with van der Waals surface area (Å²) in [6.45, 7) is 0.0786. The van der Waals surface area contributed by atoms with E-state index in [9.17, 15) is 10.2 Å². The van der Waals surface area contributed by atoms with Gasteiger partial charge < -0.3 is 26.0 Å². The predicted octanol–water partition coefficient (Wildman–Crippen LogP) is 1.81. The minimum Gasteiger partial charge on any atom is -0.387 e. The molecule has 0 aliphatic carbocycles. The quantitative estimate of drug-likeness (QED) is 0.386. The van der Waals surface area contributed by atoms with E-state index in [1.807, 2.05) is 60.7 Å². The van der Waals surface area contributed by atoms with E-state index in [4.69, 9.17) is 15.6 Å². The van der Waals surface area contributed by atoms with E-state index in [-0.39, 0.29) is 6.54 Å². The molecule has 3 heterocycles. The van der Waals surface area contributed by atoms with Gasteiger partial charge in [-0.2, -0.15) is 5.10 Å². The Balaban J connectivity index is 1.69. The van der Waals surface area contributed by atoms with E-state index in [2.05, 4.69) is 15.3 Å². The number of aliphatic hydroxyl groups is 2. The molecule has 1 aliphatic heterocycles. The molecule has 1 aliphatic rings. The van der Waals surface area contributed by atoms with E-state index in [1.165, 1.54) is 11.0 Å². The average molecular weight is 418 g/mol. The SMILES string of the molecule is NC[C@H]1O[C@@H](n2nc(-c3ccccc3)c3c(Nc4ccccc4)ncnc32)[C@@H](O)[C@H]1O. The summed E-state index contributed by atoms with van der Waals surface area (Å²) in [5, 5.41) is 29.6. The maximum atomic E-state index is 10.6. The second kappa shape index (κ2) is 8.05. The molecule has 158 valence electrons. The van der Waals surface area contributed by atoms with Crippen LogP contribution in [0.25, 0.3) is 22.3 Å². The summed E-state index contributed by atoms with van der Waals surface area (Å²) in [6.07, 6.45) is -2.50. The number of para-hydroxylation sites is 1. The number of aliphatic hydroxyl groups excluding tert-OH is 2. The van der Waals surface area contributed by atoms with Crippen LogP contribution < -0.4 is 11.1 Å². The summed E-state index contributed by atoms with van der Waals surface area (Å²) >= 11 is 0. The maximum absolute atomic E-state index is 10.6. The minimum atomic E-state index is -1.19. The zero-order valence-electron chi connectivity index (χ0n) is 16.5. The van der Waals surface area contributed by atoms with E-state index in [1.54, 1.807) is 0 Å². The van der Waals surface area contributed by atoms with Crippen molar-refractivity contribution in [2.75, 3.05) is 11.9 Å². The third-order valence-corrected chi connectivity index (χ3v) is 5.38. The molecule has 31 heavy (non-hydrogen) atoms. The van der Waals surface area contributed by atoms with Crippen LogP contribution in [0, 0.1) is 0 Å². The number of nitrogens with two attached hydrogens (primary N) is 1. The molecule has 1 fully saturated rings. The number of nitrogens with zero attached hydrogens (tertiary/aromatic N) is 4. The number of aromatic nitrogens is 4. The van der Waals surface area contributed by atoms with E-state index in [0.717, 1.165) is 11.3 Å². The van der Waals surface area contributed by atoms with Gasteiger partial charge in [0.05, 0.1) is 5.39 Å². The standard InChI is InChI=1S/C22H22N6O3/c23-11-15-18(29)19(30)22(31-15)28-21-16(17(27-28)13-7-3-1-4-8-13)20(24-12-25-21)26-14-9-5-2-6-10-14/h1-10,12,15,18-19,22,29-30H,11,23H2,(H,24,25,26)/t15-,18+,19+,22-/m1/s1. The van der Waals surface area contributed by atoms with E-state index in [0.29, 0.717) is 22.5 Å². The molecular weight excluding hydrogens is 396 g/mol. The van der Waals surface area contributed by atoms with Gasteiger partial charge in [-0.3, -0.25) is 0 Å². The van der Waals surface area contributed by atoms with Gasteiger partial charge in [0.2, 0.25) is 0 Å². The van der Waals surface area contributed by atoms with Crippen molar-refractivity contribution in [2.24, 2.45) is 5.73 Å². The summed E-state index contributed by atoms with van der Waals surface area (Å²) in [6, 6.07) is 19.3. The molecule has 0 radical (unpaired) electrons. The van der Waals surface area contributed by atoms with Crippen LogP contribution in [0.15, 0.2) is 67.0 Å². The molecule has 5 rings (SSSR count). The van der Waals surface area contributed by atoms with Crippen LogP contribution >= 0.6 is 0 Å². The summed E-state index contributed by atoms with van der Waals surface area (Å²) in [5.74, 6) is 0.574. The number of hydrogen-bond acceptors (Lipinski definition) is 8. The van der Waals surface area contributed by atoms with E-state index >= 15 is 0 Å². The normalized spacial score (nSPS) is 23.3. The third-order valence-electron chi connectivity index (χ3n) is 5.38. The Morgan fingerprint density at radius 3 is 2.35 bits per heavy atom. The highest BCUT2D eigenvalue weighted by Gasteiger charge is 2.44. The lowest BCUT2D eigenvalue weighted by Gasteiger charge is -2.15. The molecule has 4 atom stereocenters. The molecular formula is C22H22N6O3. The van der Waals surface area contributed by atoms with Crippen LogP contribution in [0.1, 0.15) is 6.23 Å². The van der Waals surface area contributed by atoms with Crippen molar-refractivity contribution in [3.63, 3.8) is 0 Å². The zero-order valence-corrected chi connectivity index (χ0v) is 16.5. The number of hydrogen-bond donors (Lipinski definition) is 4. The fourth-order valence-corrected chi connectivity index (χ4v) is 3.83. The van der Waals surface area contributed by atoms with Gasteiger partial charge in [-0.25, -0.2) is 14.6 Å². The van der Waals surface area contributed by atoms with Gasteiger partial charge in [-0.05, 0) is 12.1 Å². The number of nitrogens with one attached hydrogen (secondary N) is 1. The first-order valence-electron chi connectivity index (χ1n) is 9.99. The Morgan fingerprint density at radius 1 is 0.968 bits per heavy atom. The third kappa shape index (κ3) is 3.43. The van der Waals surface area contributed by atoms with Crippen LogP contribution in [-0.2, 0) is 4.74 Å².